The normalized spacial score (nSPS) is 11.8. The molecule has 2 heterocycles. The van der Waals surface area contributed by atoms with E-state index in [9.17, 15) is 19.2 Å². The predicted octanol–water partition coefficient (Wildman–Crippen LogP) is 2.40. The zero-order valence-corrected chi connectivity index (χ0v) is 23.5. The number of hydrogen-bond donors (Lipinski definition) is 1. The molecule has 1 amide bonds. The van der Waals surface area contributed by atoms with Gasteiger partial charge >= 0.3 is 11.7 Å². The minimum atomic E-state index is -0.653. The number of carbonyl (C=O) groups excluding carboxylic acids is 2. The van der Waals surface area contributed by atoms with Crippen LogP contribution >= 0.6 is 0 Å². The van der Waals surface area contributed by atoms with Crippen molar-refractivity contribution in [3.05, 3.63) is 61.4 Å². The SMILES string of the molecule is CCOC(=O)C[C@@H](NC(=O)CCc1c(C)nc2c(c1C)c(=O)n(C)c(=O)n2C)c1ccc(OCC)c(OC)c1. The summed E-state index contributed by atoms with van der Waals surface area (Å²) in [6, 6.07) is 4.60. The van der Waals surface area contributed by atoms with Gasteiger partial charge in [0.15, 0.2) is 11.5 Å². The number of amides is 1. The standard InChI is InChI=1S/C28H36N4O7/c1-8-38-21-12-10-18(14-22(21)37-7)20(15-24(34)39-9-2)30-23(33)13-11-19-16(3)25-26(29-17(19)4)31(5)28(36)32(6)27(25)35/h10,12,14,20H,8-9,11,13,15H2,1-7H3,(H,30,33)/t20-/m1/s1. The molecule has 0 bridgehead atoms. The second-order valence-corrected chi connectivity index (χ2v) is 9.18. The number of pyridine rings is 1. The highest BCUT2D eigenvalue weighted by Crippen LogP contribution is 2.31. The topological polar surface area (TPSA) is 131 Å². The Morgan fingerprint density at radius 3 is 2.41 bits per heavy atom. The number of nitrogens with zero attached hydrogens (tertiary/aromatic N) is 3. The number of nitrogens with one attached hydrogen (secondary N) is 1. The molecule has 1 atom stereocenters. The molecule has 210 valence electrons. The molecule has 0 aliphatic heterocycles. The molecule has 1 aromatic carbocycles. The van der Waals surface area contributed by atoms with Crippen LogP contribution in [0.5, 0.6) is 11.5 Å². The Morgan fingerprint density at radius 2 is 1.77 bits per heavy atom. The lowest BCUT2D eigenvalue weighted by molar-refractivity contribution is -0.143. The first-order valence-corrected chi connectivity index (χ1v) is 12.8. The number of aryl methyl sites for hydroxylation is 3. The van der Waals surface area contributed by atoms with Crippen molar-refractivity contribution in [1.29, 1.82) is 0 Å². The Bertz CT molecular complexity index is 1510. The highest BCUT2D eigenvalue weighted by atomic mass is 16.5. The van der Waals surface area contributed by atoms with Crippen LogP contribution in [0.3, 0.4) is 0 Å². The molecule has 0 unspecified atom stereocenters. The van der Waals surface area contributed by atoms with Crippen molar-refractivity contribution in [3.63, 3.8) is 0 Å². The summed E-state index contributed by atoms with van der Waals surface area (Å²) in [5.74, 6) is 0.317. The van der Waals surface area contributed by atoms with Gasteiger partial charge in [0.05, 0.1) is 38.2 Å². The average Bonchev–Trinajstić information content (AvgIpc) is 2.90. The van der Waals surface area contributed by atoms with Gasteiger partial charge in [-0.1, -0.05) is 6.07 Å². The van der Waals surface area contributed by atoms with Gasteiger partial charge in [0.2, 0.25) is 5.91 Å². The average molecular weight is 541 g/mol. The van der Waals surface area contributed by atoms with Crippen molar-refractivity contribution in [2.75, 3.05) is 20.3 Å². The minimum absolute atomic E-state index is 0.0592. The second kappa shape index (κ2) is 12.6. The zero-order valence-electron chi connectivity index (χ0n) is 23.5. The van der Waals surface area contributed by atoms with Crippen LogP contribution < -0.4 is 26.0 Å². The zero-order chi connectivity index (χ0) is 28.9. The molecule has 0 spiro atoms. The maximum atomic E-state index is 13.1. The minimum Gasteiger partial charge on any atom is -0.493 e. The summed E-state index contributed by atoms with van der Waals surface area (Å²) in [5, 5.41) is 3.29. The Kier molecular flexibility index (Phi) is 9.50. The molecule has 11 heteroatoms. The smallest absolute Gasteiger partial charge is 0.332 e. The first-order valence-electron chi connectivity index (χ1n) is 12.8. The highest BCUT2D eigenvalue weighted by molar-refractivity contribution is 5.81. The molecule has 1 N–H and O–H groups in total. The third-order valence-electron chi connectivity index (χ3n) is 6.67. The van der Waals surface area contributed by atoms with Crippen LogP contribution in [-0.4, -0.2) is 46.3 Å². The van der Waals surface area contributed by atoms with Gasteiger partial charge in [-0.3, -0.25) is 23.5 Å². The summed E-state index contributed by atoms with van der Waals surface area (Å²) in [7, 11) is 4.52. The van der Waals surface area contributed by atoms with E-state index in [2.05, 4.69) is 10.3 Å². The van der Waals surface area contributed by atoms with Crippen LogP contribution in [-0.2, 0) is 34.8 Å². The number of ether oxygens (including phenoxy) is 3. The summed E-state index contributed by atoms with van der Waals surface area (Å²) in [4.78, 5) is 55.2. The van der Waals surface area contributed by atoms with E-state index in [0.29, 0.717) is 52.4 Å². The number of benzene rings is 1. The van der Waals surface area contributed by atoms with E-state index < -0.39 is 23.3 Å². The van der Waals surface area contributed by atoms with Gasteiger partial charge in [0, 0.05) is 26.2 Å². The van der Waals surface area contributed by atoms with Crippen LogP contribution in [0, 0.1) is 13.8 Å². The number of esters is 1. The summed E-state index contributed by atoms with van der Waals surface area (Å²) < 4.78 is 18.5. The number of hydrogen-bond acceptors (Lipinski definition) is 8. The molecule has 11 nitrogen and oxygen atoms in total. The van der Waals surface area contributed by atoms with Crippen LogP contribution in [0.2, 0.25) is 0 Å². The van der Waals surface area contributed by atoms with Gasteiger partial charge in [0.25, 0.3) is 5.56 Å². The fourth-order valence-corrected chi connectivity index (χ4v) is 4.63. The van der Waals surface area contributed by atoms with Gasteiger partial charge in [-0.25, -0.2) is 9.78 Å². The third kappa shape index (κ3) is 6.30. The lowest BCUT2D eigenvalue weighted by Gasteiger charge is -2.20. The van der Waals surface area contributed by atoms with Crippen LogP contribution in [0.25, 0.3) is 11.0 Å². The second-order valence-electron chi connectivity index (χ2n) is 9.18. The molecule has 0 fully saturated rings. The molecule has 3 aromatic rings. The lowest BCUT2D eigenvalue weighted by atomic mass is 9.99. The fraction of sp³-hybridized carbons (Fsp3) is 0.464. The Labute approximate surface area is 226 Å². The number of fused-ring (bicyclic) bond motifs is 1. The van der Waals surface area contributed by atoms with Gasteiger partial charge in [-0.05, 0) is 62.9 Å². The van der Waals surface area contributed by atoms with E-state index in [1.165, 1.54) is 18.7 Å². The van der Waals surface area contributed by atoms with Gasteiger partial charge in [-0.2, -0.15) is 0 Å². The molecule has 0 saturated heterocycles. The van der Waals surface area contributed by atoms with Gasteiger partial charge < -0.3 is 19.5 Å². The molecule has 0 aliphatic carbocycles. The molecule has 2 aromatic heterocycles. The summed E-state index contributed by atoms with van der Waals surface area (Å²) >= 11 is 0. The Balaban J connectivity index is 1.88. The first kappa shape index (κ1) is 29.4. The number of rotatable bonds is 11. The van der Waals surface area contributed by atoms with Crippen molar-refractivity contribution >= 4 is 22.9 Å². The number of carbonyl (C=O) groups is 2. The molecule has 39 heavy (non-hydrogen) atoms. The Hall–Kier alpha value is -4.15. The molecule has 0 saturated carbocycles. The van der Waals surface area contributed by atoms with Crippen molar-refractivity contribution in [3.8, 4) is 11.5 Å². The van der Waals surface area contributed by atoms with E-state index in [1.54, 1.807) is 46.0 Å². The van der Waals surface area contributed by atoms with E-state index in [4.69, 9.17) is 14.2 Å². The van der Waals surface area contributed by atoms with Gasteiger partial charge in [-0.15, -0.1) is 0 Å². The van der Waals surface area contributed by atoms with E-state index in [-0.39, 0.29) is 25.4 Å². The Morgan fingerprint density at radius 1 is 1.05 bits per heavy atom. The predicted molar refractivity (Wildman–Crippen MR) is 146 cm³/mol. The van der Waals surface area contributed by atoms with Crippen molar-refractivity contribution in [1.82, 2.24) is 19.4 Å². The largest absolute Gasteiger partial charge is 0.493 e. The van der Waals surface area contributed by atoms with Crippen LogP contribution in [0.15, 0.2) is 27.8 Å². The van der Waals surface area contributed by atoms with Gasteiger partial charge in [0.1, 0.15) is 5.65 Å². The number of aromatic nitrogens is 3. The summed E-state index contributed by atoms with van der Waals surface area (Å²) in [6.45, 7) is 7.86. The highest BCUT2D eigenvalue weighted by Gasteiger charge is 2.22. The van der Waals surface area contributed by atoms with Crippen molar-refractivity contribution < 1.29 is 23.8 Å². The molecular formula is C28H36N4O7. The van der Waals surface area contributed by atoms with Crippen LogP contribution in [0.4, 0.5) is 0 Å². The molecule has 0 aliphatic rings. The van der Waals surface area contributed by atoms with Crippen LogP contribution in [0.1, 0.15) is 55.1 Å². The quantitative estimate of drug-likeness (QED) is 0.367. The van der Waals surface area contributed by atoms with Crippen molar-refractivity contribution in [2.24, 2.45) is 14.1 Å². The van der Waals surface area contributed by atoms with E-state index >= 15 is 0 Å². The van der Waals surface area contributed by atoms with E-state index in [1.807, 2.05) is 6.92 Å². The number of methoxy groups -OCH3 is 1. The molecule has 3 rings (SSSR count). The van der Waals surface area contributed by atoms with E-state index in [0.717, 1.165) is 10.1 Å². The fourth-order valence-electron chi connectivity index (χ4n) is 4.63. The van der Waals surface area contributed by atoms with Crippen molar-refractivity contribution in [2.45, 2.75) is 53.0 Å². The molecule has 0 radical (unpaired) electrons. The summed E-state index contributed by atoms with van der Waals surface area (Å²) in [5.41, 5.74) is 2.17. The maximum absolute atomic E-state index is 13.1. The first-order chi connectivity index (χ1) is 18.5. The molecular weight excluding hydrogens is 504 g/mol. The maximum Gasteiger partial charge on any atom is 0.332 e. The summed E-state index contributed by atoms with van der Waals surface area (Å²) in [6.07, 6.45) is 0.349. The third-order valence-corrected chi connectivity index (χ3v) is 6.67. The lowest BCUT2D eigenvalue weighted by Crippen LogP contribution is -2.38. The monoisotopic (exact) mass is 540 g/mol.